The van der Waals surface area contributed by atoms with Gasteiger partial charge in [0.1, 0.15) is 5.82 Å². The minimum Gasteiger partial charge on any atom is -0.335 e. The predicted octanol–water partition coefficient (Wildman–Crippen LogP) is 3.44. The Kier molecular flexibility index (Phi) is 6.55. The quantitative estimate of drug-likeness (QED) is 0.801. The van der Waals surface area contributed by atoms with Crippen molar-refractivity contribution in [2.24, 2.45) is 5.92 Å². The number of rotatable bonds is 4. The maximum Gasteiger partial charge on any atom is 0.229 e. The van der Waals surface area contributed by atoms with Crippen LogP contribution in [0.15, 0.2) is 42.5 Å². The molecule has 2 heterocycles. The van der Waals surface area contributed by atoms with E-state index in [-0.39, 0.29) is 48.2 Å². The van der Waals surface area contributed by atoms with Crippen LogP contribution in [-0.2, 0) is 22.6 Å². The Morgan fingerprint density at radius 1 is 1.24 bits per heavy atom. The summed E-state index contributed by atoms with van der Waals surface area (Å²) < 4.78 is 14.8. The Labute approximate surface area is 176 Å². The number of benzene rings is 2. The molecule has 4 rings (SSSR count). The average molecular weight is 418 g/mol. The highest BCUT2D eigenvalue weighted by Gasteiger charge is 2.37. The van der Waals surface area contributed by atoms with Crippen molar-refractivity contribution in [2.75, 3.05) is 18.4 Å². The topological polar surface area (TPSA) is 61.4 Å². The van der Waals surface area contributed by atoms with Gasteiger partial charge < -0.3 is 15.5 Å². The average Bonchev–Trinajstić information content (AvgIpc) is 3.12. The Morgan fingerprint density at radius 3 is 2.76 bits per heavy atom. The molecule has 1 fully saturated rings. The molecule has 0 radical (unpaired) electrons. The second-order valence-corrected chi connectivity index (χ2v) is 7.51. The molecule has 2 amide bonds. The molecule has 2 aromatic carbocycles. The fraction of sp³-hybridized carbons (Fsp3) is 0.364. The number of fused-ring (bicyclic) bond motifs is 1. The number of hydrogen-bond donors (Lipinski definition) is 2. The summed E-state index contributed by atoms with van der Waals surface area (Å²) in [5, 5.41) is 5.92. The molecular formula is C22H25ClFN3O2. The van der Waals surface area contributed by atoms with E-state index in [2.05, 4.69) is 10.6 Å². The predicted molar refractivity (Wildman–Crippen MR) is 112 cm³/mol. The molecule has 0 spiro atoms. The Bertz CT molecular complexity index is 906. The van der Waals surface area contributed by atoms with Gasteiger partial charge in [-0.1, -0.05) is 36.4 Å². The largest absolute Gasteiger partial charge is 0.335 e. The van der Waals surface area contributed by atoms with Crippen molar-refractivity contribution in [3.8, 4) is 0 Å². The number of carbonyl (C=O) groups excluding carboxylic acids is 2. The zero-order valence-corrected chi connectivity index (χ0v) is 17.1. The highest BCUT2D eigenvalue weighted by Crippen LogP contribution is 2.30. The summed E-state index contributed by atoms with van der Waals surface area (Å²) >= 11 is 0. The minimum absolute atomic E-state index is 0. The Morgan fingerprint density at radius 2 is 2.00 bits per heavy atom. The van der Waals surface area contributed by atoms with E-state index >= 15 is 0 Å². The van der Waals surface area contributed by atoms with Crippen LogP contribution in [-0.4, -0.2) is 29.8 Å². The van der Waals surface area contributed by atoms with Crippen LogP contribution in [0.3, 0.4) is 0 Å². The summed E-state index contributed by atoms with van der Waals surface area (Å²) in [6, 6.07) is 13.1. The van der Waals surface area contributed by atoms with Crippen molar-refractivity contribution in [1.29, 1.82) is 0 Å². The van der Waals surface area contributed by atoms with Crippen LogP contribution < -0.4 is 10.6 Å². The summed E-state index contributed by atoms with van der Waals surface area (Å²) in [5.41, 5.74) is 2.83. The lowest BCUT2D eigenvalue weighted by Crippen LogP contribution is -2.31. The molecule has 154 valence electrons. The van der Waals surface area contributed by atoms with Crippen LogP contribution >= 0.6 is 12.4 Å². The molecule has 2 aromatic rings. The normalized spacial score (nSPS) is 19.3. The molecule has 2 aliphatic rings. The van der Waals surface area contributed by atoms with Crippen molar-refractivity contribution >= 4 is 29.9 Å². The van der Waals surface area contributed by atoms with Crippen molar-refractivity contribution < 1.29 is 14.0 Å². The Balaban J connectivity index is 0.00000240. The molecule has 1 saturated heterocycles. The summed E-state index contributed by atoms with van der Waals surface area (Å²) in [6.45, 7) is 3.68. The number of nitrogens with one attached hydrogen (secondary N) is 2. The highest BCUT2D eigenvalue weighted by atomic mass is 35.5. The molecule has 29 heavy (non-hydrogen) atoms. The first-order valence-corrected chi connectivity index (χ1v) is 9.71. The van der Waals surface area contributed by atoms with Crippen molar-refractivity contribution in [3.63, 3.8) is 0 Å². The first kappa shape index (κ1) is 21.3. The number of likely N-dealkylation sites (tertiary alicyclic amines) is 1. The lowest BCUT2D eigenvalue weighted by molar-refractivity contribution is -0.129. The van der Waals surface area contributed by atoms with Gasteiger partial charge in [-0.05, 0) is 42.6 Å². The number of halogens is 2. The minimum atomic E-state index is -0.476. The van der Waals surface area contributed by atoms with E-state index in [1.807, 2.05) is 43.3 Å². The molecule has 2 atom stereocenters. The molecule has 2 unspecified atom stereocenters. The van der Waals surface area contributed by atoms with E-state index in [9.17, 15) is 14.0 Å². The maximum absolute atomic E-state index is 14.8. The first-order chi connectivity index (χ1) is 13.5. The number of hydrogen-bond acceptors (Lipinski definition) is 3. The van der Waals surface area contributed by atoms with Crippen LogP contribution in [0.1, 0.15) is 36.1 Å². The third kappa shape index (κ3) is 4.28. The van der Waals surface area contributed by atoms with Gasteiger partial charge in [0.15, 0.2) is 0 Å². The van der Waals surface area contributed by atoms with Gasteiger partial charge in [-0.25, -0.2) is 4.39 Å². The van der Waals surface area contributed by atoms with Crippen LogP contribution in [0.4, 0.5) is 10.1 Å². The van der Waals surface area contributed by atoms with Crippen LogP contribution in [0.2, 0.25) is 0 Å². The van der Waals surface area contributed by atoms with Gasteiger partial charge in [0.2, 0.25) is 11.8 Å². The van der Waals surface area contributed by atoms with Gasteiger partial charge in [0, 0.05) is 19.5 Å². The summed E-state index contributed by atoms with van der Waals surface area (Å²) in [7, 11) is 0. The van der Waals surface area contributed by atoms with E-state index in [0.717, 1.165) is 17.7 Å². The smallest absolute Gasteiger partial charge is 0.229 e. The van der Waals surface area contributed by atoms with Crippen molar-refractivity contribution in [3.05, 3.63) is 65.0 Å². The number of nitrogens with zero attached hydrogens (tertiary/aromatic N) is 1. The first-order valence-electron chi connectivity index (χ1n) is 9.71. The molecule has 0 bridgehead atoms. The maximum atomic E-state index is 14.8. The van der Waals surface area contributed by atoms with Crippen molar-refractivity contribution in [1.82, 2.24) is 10.2 Å². The fourth-order valence-corrected chi connectivity index (χ4v) is 4.06. The highest BCUT2D eigenvalue weighted by molar-refractivity contribution is 5.97. The van der Waals surface area contributed by atoms with Gasteiger partial charge in [-0.3, -0.25) is 9.59 Å². The van der Waals surface area contributed by atoms with E-state index in [1.54, 1.807) is 11.0 Å². The van der Waals surface area contributed by atoms with Gasteiger partial charge in [-0.2, -0.15) is 0 Å². The van der Waals surface area contributed by atoms with Gasteiger partial charge in [0.25, 0.3) is 0 Å². The lowest BCUT2D eigenvalue weighted by Gasteiger charge is -2.25. The van der Waals surface area contributed by atoms with Crippen LogP contribution in [0.25, 0.3) is 0 Å². The molecule has 7 heteroatoms. The third-order valence-electron chi connectivity index (χ3n) is 5.74. The van der Waals surface area contributed by atoms with E-state index < -0.39 is 5.92 Å². The third-order valence-corrected chi connectivity index (χ3v) is 5.74. The van der Waals surface area contributed by atoms with Gasteiger partial charge >= 0.3 is 0 Å². The molecule has 2 N–H and O–H groups in total. The van der Waals surface area contributed by atoms with E-state index in [4.69, 9.17) is 0 Å². The zero-order valence-electron chi connectivity index (χ0n) is 16.3. The molecule has 5 nitrogen and oxygen atoms in total. The fourth-order valence-electron chi connectivity index (χ4n) is 4.06. The molecule has 0 aromatic heterocycles. The number of anilines is 1. The zero-order chi connectivity index (χ0) is 19.7. The molecule has 0 saturated carbocycles. The molecular weight excluding hydrogens is 393 g/mol. The standard InChI is InChI=1S/C22H24FN3O2.ClH/c1-14(15-5-3-2-4-6-15)26-13-17(11-20(26)27)22(28)25-19-8-7-16-12-24-10-9-18(16)21(19)23;/h2-8,14,17,24H,9-13H2,1H3,(H,25,28);1H. The monoisotopic (exact) mass is 417 g/mol. The van der Waals surface area contributed by atoms with Crippen LogP contribution in [0.5, 0.6) is 0 Å². The number of carbonyl (C=O) groups is 2. The van der Waals surface area contributed by atoms with Crippen molar-refractivity contribution in [2.45, 2.75) is 32.4 Å². The summed E-state index contributed by atoms with van der Waals surface area (Å²) in [5.74, 6) is -1.18. The van der Waals surface area contributed by atoms with Gasteiger partial charge in [0.05, 0.1) is 17.6 Å². The second-order valence-electron chi connectivity index (χ2n) is 7.51. The molecule has 0 aliphatic carbocycles. The summed E-state index contributed by atoms with van der Waals surface area (Å²) in [4.78, 5) is 26.9. The SMILES string of the molecule is CC(c1ccccc1)N1CC(C(=O)Nc2ccc3c(c2F)CCNC3)CC1=O.Cl. The van der Waals surface area contributed by atoms with E-state index in [1.165, 1.54) is 0 Å². The summed E-state index contributed by atoms with van der Waals surface area (Å²) in [6.07, 6.45) is 0.759. The van der Waals surface area contributed by atoms with Crippen LogP contribution in [0, 0.1) is 11.7 Å². The molecule has 2 aliphatic heterocycles. The number of amides is 2. The van der Waals surface area contributed by atoms with E-state index in [0.29, 0.717) is 25.1 Å². The lowest BCUT2D eigenvalue weighted by atomic mass is 9.99. The van der Waals surface area contributed by atoms with Gasteiger partial charge in [-0.15, -0.1) is 12.4 Å². The Hall–Kier alpha value is -2.44. The second kappa shape index (κ2) is 8.93.